The molecule has 1 aromatic heterocycles. The quantitative estimate of drug-likeness (QED) is 0.768. The third kappa shape index (κ3) is 5.13. The Morgan fingerprint density at radius 3 is 3.00 bits per heavy atom. The standard InChI is InChI=1S/C17H22FNO2S.ClH/c18-16-11-17-14(4-9-22-17)10-13(16)3-8-21-7-1-5-19-6-2-15(20)12-19;/h4,9-11,15,20H,1-3,5-8,12H2;1H. The van der Waals surface area contributed by atoms with Gasteiger partial charge in [0.25, 0.3) is 0 Å². The maximum absolute atomic E-state index is 13.9. The highest BCUT2D eigenvalue weighted by molar-refractivity contribution is 7.17. The summed E-state index contributed by atoms with van der Waals surface area (Å²) in [5.41, 5.74) is 0.730. The van der Waals surface area contributed by atoms with Crippen molar-refractivity contribution in [1.29, 1.82) is 0 Å². The van der Waals surface area contributed by atoms with Gasteiger partial charge in [-0.25, -0.2) is 4.39 Å². The Hall–Kier alpha value is -0.720. The Morgan fingerprint density at radius 1 is 1.35 bits per heavy atom. The molecule has 1 N–H and O–H groups in total. The van der Waals surface area contributed by atoms with Gasteiger partial charge in [0.15, 0.2) is 0 Å². The van der Waals surface area contributed by atoms with Crippen molar-refractivity contribution < 1.29 is 14.2 Å². The molecule has 0 bridgehead atoms. The molecule has 1 aromatic carbocycles. The van der Waals surface area contributed by atoms with E-state index < -0.39 is 0 Å². The van der Waals surface area contributed by atoms with E-state index in [0.717, 1.165) is 48.1 Å². The minimum Gasteiger partial charge on any atom is -0.392 e. The van der Waals surface area contributed by atoms with Crippen LogP contribution in [0, 0.1) is 5.82 Å². The van der Waals surface area contributed by atoms with E-state index in [1.807, 2.05) is 17.5 Å². The van der Waals surface area contributed by atoms with E-state index in [1.165, 1.54) is 0 Å². The van der Waals surface area contributed by atoms with Crippen molar-refractivity contribution in [2.75, 3.05) is 32.8 Å². The van der Waals surface area contributed by atoms with Crippen molar-refractivity contribution in [1.82, 2.24) is 4.90 Å². The van der Waals surface area contributed by atoms with Gasteiger partial charge in [-0.1, -0.05) is 0 Å². The Kier molecular flexibility index (Phi) is 7.24. The molecular weight excluding hydrogens is 337 g/mol. The van der Waals surface area contributed by atoms with Crippen LogP contribution < -0.4 is 0 Å². The van der Waals surface area contributed by atoms with E-state index in [9.17, 15) is 9.50 Å². The van der Waals surface area contributed by atoms with Crippen LogP contribution in [0.1, 0.15) is 18.4 Å². The number of hydrogen-bond donors (Lipinski definition) is 1. The summed E-state index contributed by atoms with van der Waals surface area (Å²) >= 11 is 1.56. The highest BCUT2D eigenvalue weighted by Gasteiger charge is 2.18. The fourth-order valence-electron chi connectivity index (χ4n) is 2.91. The summed E-state index contributed by atoms with van der Waals surface area (Å²) in [7, 11) is 0. The van der Waals surface area contributed by atoms with Crippen molar-refractivity contribution in [2.45, 2.75) is 25.4 Å². The summed E-state index contributed by atoms with van der Waals surface area (Å²) in [6, 6.07) is 5.57. The van der Waals surface area contributed by atoms with Crippen molar-refractivity contribution in [3.8, 4) is 0 Å². The summed E-state index contributed by atoms with van der Waals surface area (Å²) < 4.78 is 20.5. The number of fused-ring (bicyclic) bond motifs is 1. The zero-order valence-corrected chi connectivity index (χ0v) is 14.7. The molecule has 1 aliphatic rings. The molecule has 2 heterocycles. The lowest BCUT2D eigenvalue weighted by molar-refractivity contribution is 0.122. The van der Waals surface area contributed by atoms with Gasteiger partial charge in [-0.3, -0.25) is 0 Å². The molecule has 3 rings (SSSR count). The number of β-amino-alcohol motifs (C(OH)–C–C–N with tert-alkyl or cyclic N) is 1. The Bertz CT molecular complexity index is 622. The molecule has 1 aliphatic heterocycles. The summed E-state index contributed by atoms with van der Waals surface area (Å²) in [5.74, 6) is -0.135. The van der Waals surface area contributed by atoms with Gasteiger partial charge in [0.2, 0.25) is 0 Å². The first-order chi connectivity index (χ1) is 10.7. The molecule has 23 heavy (non-hydrogen) atoms. The van der Waals surface area contributed by atoms with Gasteiger partial charge >= 0.3 is 0 Å². The monoisotopic (exact) mass is 359 g/mol. The zero-order valence-electron chi connectivity index (χ0n) is 13.0. The van der Waals surface area contributed by atoms with Gasteiger partial charge < -0.3 is 14.7 Å². The topological polar surface area (TPSA) is 32.7 Å². The minimum atomic E-state index is -0.157. The minimum absolute atomic E-state index is 0. The average molecular weight is 360 g/mol. The van der Waals surface area contributed by atoms with Crippen molar-refractivity contribution in [3.05, 3.63) is 35.0 Å². The van der Waals surface area contributed by atoms with E-state index in [4.69, 9.17) is 4.74 Å². The summed E-state index contributed by atoms with van der Waals surface area (Å²) in [6.07, 6.45) is 2.29. The van der Waals surface area contributed by atoms with E-state index in [0.29, 0.717) is 19.6 Å². The third-order valence-corrected chi connectivity index (χ3v) is 5.03. The average Bonchev–Trinajstić information content (AvgIpc) is 3.11. The van der Waals surface area contributed by atoms with Gasteiger partial charge in [0, 0.05) is 30.9 Å². The highest BCUT2D eigenvalue weighted by Crippen LogP contribution is 2.24. The van der Waals surface area contributed by atoms with Crippen LogP contribution in [0.25, 0.3) is 10.1 Å². The van der Waals surface area contributed by atoms with Crippen LogP contribution in [0.3, 0.4) is 0 Å². The lowest BCUT2D eigenvalue weighted by Crippen LogP contribution is -2.24. The van der Waals surface area contributed by atoms with E-state index >= 15 is 0 Å². The lowest BCUT2D eigenvalue weighted by Gasteiger charge is -2.14. The first-order valence-electron chi connectivity index (χ1n) is 7.86. The van der Waals surface area contributed by atoms with Crippen LogP contribution >= 0.6 is 23.7 Å². The Balaban J connectivity index is 0.00000192. The molecule has 0 aliphatic carbocycles. The largest absolute Gasteiger partial charge is 0.392 e. The number of ether oxygens (including phenoxy) is 1. The number of rotatable bonds is 7. The zero-order chi connectivity index (χ0) is 15.4. The predicted octanol–water partition coefficient (Wildman–Crippen LogP) is 3.48. The maximum Gasteiger partial charge on any atom is 0.127 e. The van der Waals surface area contributed by atoms with Crippen LogP contribution in [0.4, 0.5) is 4.39 Å². The number of aliphatic hydroxyl groups excluding tert-OH is 1. The number of nitrogens with zero attached hydrogens (tertiary/aromatic N) is 1. The summed E-state index contributed by atoms with van der Waals surface area (Å²) in [5, 5.41) is 12.5. The fraction of sp³-hybridized carbons (Fsp3) is 0.529. The third-order valence-electron chi connectivity index (χ3n) is 4.15. The molecule has 128 valence electrons. The van der Waals surface area contributed by atoms with Gasteiger partial charge in [-0.05, 0) is 53.8 Å². The molecule has 6 heteroatoms. The molecule has 1 saturated heterocycles. The molecule has 0 radical (unpaired) electrons. The highest BCUT2D eigenvalue weighted by atomic mass is 35.5. The second kappa shape index (κ2) is 8.94. The lowest BCUT2D eigenvalue weighted by atomic mass is 10.1. The molecule has 0 spiro atoms. The number of thiophene rings is 1. The van der Waals surface area contributed by atoms with Crippen molar-refractivity contribution >= 4 is 33.8 Å². The number of halogens is 2. The number of aliphatic hydroxyl groups is 1. The smallest absolute Gasteiger partial charge is 0.127 e. The van der Waals surface area contributed by atoms with Gasteiger partial charge in [-0.2, -0.15) is 0 Å². The second-order valence-electron chi connectivity index (χ2n) is 5.86. The molecule has 0 amide bonds. The molecule has 1 fully saturated rings. The fourth-order valence-corrected chi connectivity index (χ4v) is 3.71. The van der Waals surface area contributed by atoms with E-state index in [1.54, 1.807) is 17.4 Å². The van der Waals surface area contributed by atoms with Crippen LogP contribution in [-0.4, -0.2) is 49.0 Å². The molecule has 1 unspecified atom stereocenters. The molecular formula is C17H23ClFNO2S. The van der Waals surface area contributed by atoms with E-state index in [-0.39, 0.29) is 24.3 Å². The van der Waals surface area contributed by atoms with Crippen LogP contribution in [-0.2, 0) is 11.2 Å². The normalized spacial score (nSPS) is 18.4. The molecule has 1 atom stereocenters. The van der Waals surface area contributed by atoms with Crippen LogP contribution in [0.15, 0.2) is 23.6 Å². The van der Waals surface area contributed by atoms with Gasteiger partial charge in [0.05, 0.1) is 12.7 Å². The number of benzene rings is 1. The SMILES string of the molecule is Cl.OC1CCN(CCCOCCc2cc3ccsc3cc2F)C1. The molecule has 2 aromatic rings. The van der Waals surface area contributed by atoms with Gasteiger partial charge in [-0.15, -0.1) is 23.7 Å². The van der Waals surface area contributed by atoms with Crippen LogP contribution in [0.2, 0.25) is 0 Å². The number of hydrogen-bond acceptors (Lipinski definition) is 4. The van der Waals surface area contributed by atoms with Gasteiger partial charge in [0.1, 0.15) is 5.82 Å². The Labute approximate surface area is 146 Å². The second-order valence-corrected chi connectivity index (χ2v) is 6.81. The predicted molar refractivity (Wildman–Crippen MR) is 95.2 cm³/mol. The van der Waals surface area contributed by atoms with Crippen LogP contribution in [0.5, 0.6) is 0 Å². The summed E-state index contributed by atoms with van der Waals surface area (Å²) in [4.78, 5) is 2.26. The molecule has 0 saturated carbocycles. The van der Waals surface area contributed by atoms with Crippen molar-refractivity contribution in [2.24, 2.45) is 0 Å². The number of likely N-dealkylation sites (tertiary alicyclic amines) is 1. The maximum atomic E-state index is 13.9. The first kappa shape index (κ1) is 18.6. The van der Waals surface area contributed by atoms with Crippen molar-refractivity contribution in [3.63, 3.8) is 0 Å². The Morgan fingerprint density at radius 2 is 2.22 bits per heavy atom. The van der Waals surface area contributed by atoms with E-state index in [2.05, 4.69) is 4.90 Å². The first-order valence-corrected chi connectivity index (χ1v) is 8.74. The molecule has 3 nitrogen and oxygen atoms in total. The summed E-state index contributed by atoms with van der Waals surface area (Å²) in [6.45, 7) is 3.97.